The van der Waals surface area contributed by atoms with E-state index in [1.807, 2.05) is 0 Å². The van der Waals surface area contributed by atoms with Crippen LogP contribution in [0.2, 0.25) is 5.02 Å². The van der Waals surface area contributed by atoms with Crippen LogP contribution in [0.4, 0.5) is 16.6 Å². The van der Waals surface area contributed by atoms with Crippen molar-refractivity contribution in [3.63, 3.8) is 0 Å². The number of aromatic amines is 1. The number of ether oxygens (including phenoxy) is 1. The van der Waals surface area contributed by atoms with E-state index in [1.54, 1.807) is 25.1 Å². The highest BCUT2D eigenvalue weighted by atomic mass is 35.5. The number of H-pyrrole nitrogens is 1. The summed E-state index contributed by atoms with van der Waals surface area (Å²) < 4.78 is 5.78. The number of hydrogen-bond donors (Lipinski definition) is 3. The summed E-state index contributed by atoms with van der Waals surface area (Å²) in [6, 6.07) is 6.32. The summed E-state index contributed by atoms with van der Waals surface area (Å²) in [5.41, 5.74) is 0.843. The lowest BCUT2D eigenvalue weighted by atomic mass is 10.1. The molecule has 0 spiro atoms. The number of aromatic nitrogens is 3. The number of fused-ring (bicyclic) bond motifs is 1. The van der Waals surface area contributed by atoms with Crippen LogP contribution < -0.4 is 20.5 Å². The summed E-state index contributed by atoms with van der Waals surface area (Å²) in [7, 11) is 1.39. The Bertz CT molecular complexity index is 1190. The van der Waals surface area contributed by atoms with E-state index in [-0.39, 0.29) is 17.3 Å². The molecule has 10 heteroatoms. The fraction of sp³-hybridized carbons (Fsp3) is 0.333. The van der Waals surface area contributed by atoms with Gasteiger partial charge < -0.3 is 20.1 Å². The SMILES string of the molecule is C[C@H](Nc1nccc(N(C)C(=O)O)n1)c1cc2cc(Cl)c(OCC3CC3)cc2[nH]c1=O. The van der Waals surface area contributed by atoms with E-state index in [0.29, 0.717) is 34.4 Å². The van der Waals surface area contributed by atoms with E-state index in [4.69, 9.17) is 21.4 Å². The number of rotatable bonds is 7. The van der Waals surface area contributed by atoms with Crippen molar-refractivity contribution in [1.82, 2.24) is 15.0 Å². The topological polar surface area (TPSA) is 120 Å². The Labute approximate surface area is 183 Å². The van der Waals surface area contributed by atoms with Crippen LogP contribution >= 0.6 is 11.6 Å². The van der Waals surface area contributed by atoms with E-state index >= 15 is 0 Å². The zero-order chi connectivity index (χ0) is 22.1. The molecule has 0 aliphatic heterocycles. The van der Waals surface area contributed by atoms with E-state index in [1.165, 1.54) is 32.2 Å². The first kappa shape index (κ1) is 20.9. The fourth-order valence-corrected chi connectivity index (χ4v) is 3.35. The normalized spacial score (nSPS) is 14.3. The predicted molar refractivity (Wildman–Crippen MR) is 118 cm³/mol. The number of carbonyl (C=O) groups is 1. The molecule has 1 amide bonds. The maximum absolute atomic E-state index is 12.7. The third-order valence-electron chi connectivity index (χ3n) is 5.18. The molecule has 1 atom stereocenters. The highest BCUT2D eigenvalue weighted by molar-refractivity contribution is 6.32. The average molecular weight is 444 g/mol. The largest absolute Gasteiger partial charge is 0.492 e. The van der Waals surface area contributed by atoms with Crippen LogP contribution in [0.25, 0.3) is 10.9 Å². The molecule has 162 valence electrons. The number of carboxylic acid groups (broad SMARTS) is 1. The van der Waals surface area contributed by atoms with E-state index in [9.17, 15) is 9.59 Å². The fourth-order valence-electron chi connectivity index (χ4n) is 3.12. The van der Waals surface area contributed by atoms with Crippen molar-refractivity contribution in [1.29, 1.82) is 0 Å². The number of amides is 1. The molecule has 0 unspecified atom stereocenters. The number of nitrogens with one attached hydrogen (secondary N) is 2. The third kappa shape index (κ3) is 4.72. The van der Waals surface area contributed by atoms with Crippen LogP contribution in [0, 0.1) is 5.92 Å². The molecule has 2 aromatic heterocycles. The monoisotopic (exact) mass is 443 g/mol. The van der Waals surface area contributed by atoms with E-state index in [2.05, 4.69) is 20.3 Å². The molecule has 0 radical (unpaired) electrons. The number of nitrogens with zero attached hydrogens (tertiary/aromatic N) is 3. The van der Waals surface area contributed by atoms with Crippen molar-refractivity contribution >= 4 is 40.4 Å². The summed E-state index contributed by atoms with van der Waals surface area (Å²) in [4.78, 5) is 36.0. The molecule has 3 N–H and O–H groups in total. The standard InChI is InChI=1S/C21H22ClN5O4/c1-11(24-20-23-6-5-18(26-20)27(2)21(29)30)14-7-13-8-15(22)17(31-10-12-3-4-12)9-16(13)25-19(14)28/h5-9,11-12H,3-4,10H2,1-2H3,(H,25,28)(H,29,30)(H,23,24,26)/t11-/m0/s1. The molecule has 0 saturated heterocycles. The minimum atomic E-state index is -1.14. The second-order valence-corrected chi connectivity index (χ2v) is 8.03. The van der Waals surface area contributed by atoms with Crippen LogP contribution in [0.1, 0.15) is 31.4 Å². The minimum Gasteiger partial charge on any atom is -0.492 e. The first-order valence-electron chi connectivity index (χ1n) is 9.87. The Hall–Kier alpha value is -3.33. The minimum absolute atomic E-state index is 0.208. The Morgan fingerprint density at radius 1 is 1.42 bits per heavy atom. The molecule has 1 aliphatic rings. The summed E-state index contributed by atoms with van der Waals surface area (Å²) in [6.45, 7) is 2.42. The average Bonchev–Trinajstić information content (AvgIpc) is 3.56. The first-order valence-corrected chi connectivity index (χ1v) is 10.2. The van der Waals surface area contributed by atoms with Gasteiger partial charge in [0.2, 0.25) is 5.95 Å². The number of halogens is 1. The molecule has 31 heavy (non-hydrogen) atoms. The highest BCUT2D eigenvalue weighted by Crippen LogP contribution is 2.33. The van der Waals surface area contributed by atoms with E-state index in [0.717, 1.165) is 10.3 Å². The van der Waals surface area contributed by atoms with Gasteiger partial charge in [-0.25, -0.2) is 9.78 Å². The summed E-state index contributed by atoms with van der Waals surface area (Å²) in [5.74, 6) is 1.58. The maximum Gasteiger partial charge on any atom is 0.412 e. The van der Waals surface area contributed by atoms with E-state index < -0.39 is 12.1 Å². The molecule has 1 fully saturated rings. The van der Waals surface area contributed by atoms with Crippen LogP contribution in [-0.2, 0) is 0 Å². The third-order valence-corrected chi connectivity index (χ3v) is 5.48. The maximum atomic E-state index is 12.7. The number of anilines is 2. The molecule has 2 heterocycles. The van der Waals surface area contributed by atoms with Gasteiger partial charge in [-0.05, 0) is 43.9 Å². The van der Waals surface area contributed by atoms with Crippen LogP contribution in [0.15, 0.2) is 35.3 Å². The number of pyridine rings is 1. The van der Waals surface area contributed by atoms with Gasteiger partial charge in [0.05, 0.1) is 23.2 Å². The smallest absolute Gasteiger partial charge is 0.412 e. The first-order chi connectivity index (χ1) is 14.8. The van der Waals surface area contributed by atoms with Gasteiger partial charge in [-0.15, -0.1) is 0 Å². The molecule has 1 aliphatic carbocycles. The molecule has 1 aromatic carbocycles. The lowest BCUT2D eigenvalue weighted by Gasteiger charge is -2.17. The van der Waals surface area contributed by atoms with Gasteiger partial charge in [0.1, 0.15) is 11.6 Å². The molecule has 0 bridgehead atoms. The molecular weight excluding hydrogens is 422 g/mol. The van der Waals surface area contributed by atoms with Gasteiger partial charge in [-0.2, -0.15) is 4.98 Å². The van der Waals surface area contributed by atoms with Crippen molar-refractivity contribution in [3.8, 4) is 5.75 Å². The van der Waals surface area contributed by atoms with Crippen molar-refractivity contribution < 1.29 is 14.6 Å². The van der Waals surface area contributed by atoms with Crippen molar-refractivity contribution in [3.05, 3.63) is 51.4 Å². The lowest BCUT2D eigenvalue weighted by Crippen LogP contribution is -2.25. The van der Waals surface area contributed by atoms with Gasteiger partial charge >= 0.3 is 6.09 Å². The molecule has 1 saturated carbocycles. The van der Waals surface area contributed by atoms with Gasteiger partial charge in [0, 0.05) is 30.3 Å². The summed E-state index contributed by atoms with van der Waals surface area (Å²) in [5, 5.41) is 13.4. The zero-order valence-corrected chi connectivity index (χ0v) is 17.8. The van der Waals surface area contributed by atoms with Gasteiger partial charge in [-0.1, -0.05) is 11.6 Å². The number of hydrogen-bond acceptors (Lipinski definition) is 6. The Morgan fingerprint density at radius 2 is 2.19 bits per heavy atom. The molecular formula is C21H22ClN5O4. The Balaban J connectivity index is 1.57. The molecule has 9 nitrogen and oxygen atoms in total. The number of benzene rings is 1. The Morgan fingerprint density at radius 3 is 2.90 bits per heavy atom. The van der Waals surface area contributed by atoms with Crippen LogP contribution in [0.5, 0.6) is 5.75 Å². The zero-order valence-electron chi connectivity index (χ0n) is 17.1. The summed E-state index contributed by atoms with van der Waals surface area (Å²) >= 11 is 6.38. The van der Waals surface area contributed by atoms with Gasteiger partial charge in [0.25, 0.3) is 5.56 Å². The van der Waals surface area contributed by atoms with Crippen molar-refractivity contribution in [2.24, 2.45) is 5.92 Å². The second kappa shape index (κ2) is 8.43. The molecule has 3 aromatic rings. The Kier molecular flexibility index (Phi) is 5.69. The lowest BCUT2D eigenvalue weighted by molar-refractivity contribution is 0.203. The van der Waals surface area contributed by atoms with Crippen LogP contribution in [-0.4, -0.2) is 39.8 Å². The second-order valence-electron chi connectivity index (χ2n) is 7.62. The highest BCUT2D eigenvalue weighted by Gasteiger charge is 2.22. The summed E-state index contributed by atoms with van der Waals surface area (Å²) in [6.07, 6.45) is 2.66. The predicted octanol–water partition coefficient (Wildman–Crippen LogP) is 4.05. The van der Waals surface area contributed by atoms with Gasteiger partial charge in [0.15, 0.2) is 0 Å². The van der Waals surface area contributed by atoms with Crippen LogP contribution in [0.3, 0.4) is 0 Å². The van der Waals surface area contributed by atoms with Crippen molar-refractivity contribution in [2.45, 2.75) is 25.8 Å². The molecule has 4 rings (SSSR count). The van der Waals surface area contributed by atoms with Gasteiger partial charge in [-0.3, -0.25) is 9.69 Å². The quantitative estimate of drug-likeness (QED) is 0.503. The van der Waals surface area contributed by atoms with Crippen molar-refractivity contribution in [2.75, 3.05) is 23.9 Å².